The fourth-order valence-electron chi connectivity index (χ4n) is 6.40. The van der Waals surface area contributed by atoms with Crippen LogP contribution in [0, 0.1) is 5.92 Å². The summed E-state index contributed by atoms with van der Waals surface area (Å²) in [5, 5.41) is 5.64. The summed E-state index contributed by atoms with van der Waals surface area (Å²) in [6, 6.07) is 4.74. The van der Waals surface area contributed by atoms with E-state index in [0.29, 0.717) is 24.1 Å². The number of carbonyl (C=O) groups excluding carboxylic acids is 3. The van der Waals surface area contributed by atoms with Crippen LogP contribution in [-0.4, -0.2) is 70.9 Å². The van der Waals surface area contributed by atoms with Gasteiger partial charge in [-0.3, -0.25) is 24.6 Å². The molecule has 8 nitrogen and oxygen atoms in total. The summed E-state index contributed by atoms with van der Waals surface area (Å²) in [6.45, 7) is 11.4. The summed E-state index contributed by atoms with van der Waals surface area (Å²) < 4.78 is 21.3. The third kappa shape index (κ3) is 5.54. The van der Waals surface area contributed by atoms with Crippen LogP contribution in [0.1, 0.15) is 62.9 Å². The molecule has 1 aromatic carbocycles. The third-order valence-electron chi connectivity index (χ3n) is 7.66. The second-order valence-corrected chi connectivity index (χ2v) is 12.1. The molecule has 1 unspecified atom stereocenters. The van der Waals surface area contributed by atoms with Crippen LogP contribution in [0.3, 0.4) is 0 Å². The van der Waals surface area contributed by atoms with Crippen molar-refractivity contribution in [2.24, 2.45) is 5.92 Å². The molecule has 2 fully saturated rings. The minimum absolute atomic E-state index is 0.101. The number of allylic oxidation sites excluding steroid dienone is 1. The quantitative estimate of drug-likeness (QED) is 0.554. The summed E-state index contributed by atoms with van der Waals surface area (Å²) in [7, 11) is 0. The molecular weight excluding hydrogens is 487 g/mol. The molecule has 2 saturated heterocycles. The van der Waals surface area contributed by atoms with Crippen molar-refractivity contribution in [1.82, 2.24) is 15.1 Å². The van der Waals surface area contributed by atoms with E-state index >= 15 is 4.39 Å². The second kappa shape index (κ2) is 9.93. The molecule has 204 valence electrons. The zero-order valence-electron chi connectivity index (χ0n) is 22.6. The Morgan fingerprint density at radius 1 is 1.13 bits per heavy atom. The Balaban J connectivity index is 1.21. The first-order valence-corrected chi connectivity index (χ1v) is 13.4. The molecule has 1 aliphatic carbocycles. The minimum atomic E-state index is -0.665. The zero-order chi connectivity index (χ0) is 27.2. The van der Waals surface area contributed by atoms with Crippen LogP contribution in [0.2, 0.25) is 0 Å². The van der Waals surface area contributed by atoms with Crippen LogP contribution in [0.15, 0.2) is 41.8 Å². The molecule has 3 aliphatic heterocycles. The van der Waals surface area contributed by atoms with Gasteiger partial charge in [0.15, 0.2) is 0 Å². The molecule has 5 rings (SSSR count). The number of rotatable bonds is 6. The Morgan fingerprint density at radius 2 is 1.87 bits per heavy atom. The predicted molar refractivity (Wildman–Crippen MR) is 142 cm³/mol. The largest absolute Gasteiger partial charge is 0.381 e. The van der Waals surface area contributed by atoms with E-state index in [0.717, 1.165) is 37.3 Å². The van der Waals surface area contributed by atoms with E-state index in [1.807, 2.05) is 12.1 Å². The van der Waals surface area contributed by atoms with Gasteiger partial charge in [-0.2, -0.15) is 0 Å². The van der Waals surface area contributed by atoms with Gasteiger partial charge in [0.25, 0.3) is 5.91 Å². The lowest BCUT2D eigenvalue weighted by Gasteiger charge is -2.48. The number of hydrogen-bond acceptors (Lipinski definition) is 6. The van der Waals surface area contributed by atoms with E-state index in [9.17, 15) is 14.4 Å². The summed E-state index contributed by atoms with van der Waals surface area (Å²) in [4.78, 5) is 40.8. The number of fused-ring (bicyclic) bond motifs is 1. The number of nitrogens with zero attached hydrogens (tertiary/aromatic N) is 2. The van der Waals surface area contributed by atoms with E-state index in [1.54, 1.807) is 18.2 Å². The number of amides is 3. The Labute approximate surface area is 223 Å². The van der Waals surface area contributed by atoms with Gasteiger partial charge in [-0.15, -0.1) is 0 Å². The fraction of sp³-hybridized carbons (Fsp3) is 0.552. The maximum Gasteiger partial charge on any atom is 0.255 e. The number of anilines is 1. The number of imide groups is 1. The SMILES string of the molecule is CC1(C)CN(CC2C=C(F)C(CNc3cccc4c3CN([C@@H]3CCC(=O)NC3=O)C4=O)=CC2)CC(C)(C)O1. The monoisotopic (exact) mass is 524 g/mol. The number of halogens is 1. The van der Waals surface area contributed by atoms with Crippen molar-refractivity contribution in [3.8, 4) is 0 Å². The van der Waals surface area contributed by atoms with Gasteiger partial charge in [0, 0.05) is 61.5 Å². The van der Waals surface area contributed by atoms with E-state index in [1.165, 1.54) is 4.90 Å². The van der Waals surface area contributed by atoms with Crippen molar-refractivity contribution >= 4 is 23.4 Å². The van der Waals surface area contributed by atoms with Crippen molar-refractivity contribution < 1.29 is 23.5 Å². The highest BCUT2D eigenvalue weighted by Gasteiger charge is 2.40. The predicted octanol–water partition coefficient (Wildman–Crippen LogP) is 3.55. The molecule has 1 aromatic rings. The minimum Gasteiger partial charge on any atom is -0.381 e. The van der Waals surface area contributed by atoms with Gasteiger partial charge in [-0.05, 0) is 64.7 Å². The molecule has 3 amide bonds. The van der Waals surface area contributed by atoms with Crippen LogP contribution in [0.5, 0.6) is 0 Å². The number of carbonyl (C=O) groups is 3. The van der Waals surface area contributed by atoms with E-state index in [2.05, 4.69) is 43.2 Å². The van der Waals surface area contributed by atoms with Crippen molar-refractivity contribution in [2.75, 3.05) is 31.5 Å². The van der Waals surface area contributed by atoms with Gasteiger partial charge in [-0.25, -0.2) is 4.39 Å². The number of piperidine rings is 1. The van der Waals surface area contributed by atoms with Gasteiger partial charge in [-0.1, -0.05) is 12.1 Å². The molecule has 0 bridgehead atoms. The molecule has 0 saturated carbocycles. The van der Waals surface area contributed by atoms with E-state index in [-0.39, 0.29) is 47.7 Å². The van der Waals surface area contributed by atoms with Crippen molar-refractivity contribution in [3.05, 3.63) is 52.9 Å². The summed E-state index contributed by atoms with van der Waals surface area (Å²) in [5.41, 5.74) is 2.19. The van der Waals surface area contributed by atoms with E-state index < -0.39 is 11.9 Å². The Kier molecular flexibility index (Phi) is 6.94. The number of hydrogen-bond donors (Lipinski definition) is 2. The average molecular weight is 525 g/mol. The van der Waals surface area contributed by atoms with Crippen LogP contribution >= 0.6 is 0 Å². The fourth-order valence-corrected chi connectivity index (χ4v) is 6.40. The molecule has 0 spiro atoms. The molecule has 9 heteroatoms. The summed E-state index contributed by atoms with van der Waals surface area (Å²) in [5.74, 6) is -1.08. The number of ether oxygens (including phenoxy) is 1. The normalized spacial score (nSPS) is 27.0. The molecule has 2 atom stereocenters. The van der Waals surface area contributed by atoms with Crippen molar-refractivity contribution in [2.45, 2.75) is 70.7 Å². The van der Waals surface area contributed by atoms with Crippen molar-refractivity contribution in [3.63, 3.8) is 0 Å². The standard InChI is InChI=1S/C29H37FN4O4/c1-28(2)16-33(17-29(3,4)38-28)14-18-8-9-19(22(30)12-18)13-31-23-7-5-6-20-21(23)15-34(27(20)37)24-10-11-25(35)32-26(24)36/h5-7,9,12,18,24,31H,8,10-11,13-17H2,1-4H3,(H,32,35,36)/t18?,24-/m1/s1. The van der Waals surface area contributed by atoms with Gasteiger partial charge < -0.3 is 15.0 Å². The lowest BCUT2D eigenvalue weighted by atomic mass is 9.92. The maximum absolute atomic E-state index is 15.2. The summed E-state index contributed by atoms with van der Waals surface area (Å²) in [6.07, 6.45) is 4.99. The Morgan fingerprint density at radius 3 is 2.55 bits per heavy atom. The third-order valence-corrected chi connectivity index (χ3v) is 7.66. The summed E-state index contributed by atoms with van der Waals surface area (Å²) >= 11 is 0. The van der Waals surface area contributed by atoms with Crippen molar-refractivity contribution in [1.29, 1.82) is 0 Å². The molecule has 2 N–H and O–H groups in total. The first-order chi connectivity index (χ1) is 17.9. The highest BCUT2D eigenvalue weighted by Crippen LogP contribution is 2.34. The van der Waals surface area contributed by atoms with Crippen LogP contribution in [0.4, 0.5) is 10.1 Å². The molecule has 4 aliphatic rings. The molecule has 3 heterocycles. The smallest absolute Gasteiger partial charge is 0.255 e. The van der Waals surface area contributed by atoms with Gasteiger partial charge >= 0.3 is 0 Å². The Hall–Kier alpha value is -3.04. The lowest BCUT2D eigenvalue weighted by Crippen LogP contribution is -2.57. The number of nitrogens with one attached hydrogen (secondary N) is 2. The Bertz CT molecular complexity index is 1200. The topological polar surface area (TPSA) is 91.0 Å². The molecular formula is C29H37FN4O4. The van der Waals surface area contributed by atoms with Crippen LogP contribution < -0.4 is 10.6 Å². The molecule has 38 heavy (non-hydrogen) atoms. The molecule has 0 aromatic heterocycles. The first kappa shape index (κ1) is 26.6. The number of benzene rings is 1. The van der Waals surface area contributed by atoms with Gasteiger partial charge in [0.1, 0.15) is 11.9 Å². The number of morpholine rings is 1. The lowest BCUT2D eigenvalue weighted by molar-refractivity contribution is -0.181. The second-order valence-electron chi connectivity index (χ2n) is 12.1. The zero-order valence-corrected chi connectivity index (χ0v) is 22.6. The maximum atomic E-state index is 15.2. The highest BCUT2D eigenvalue weighted by atomic mass is 19.1. The first-order valence-electron chi connectivity index (χ1n) is 13.4. The highest BCUT2D eigenvalue weighted by molar-refractivity contribution is 6.06. The van der Waals surface area contributed by atoms with Crippen LogP contribution in [0.25, 0.3) is 0 Å². The van der Waals surface area contributed by atoms with Crippen LogP contribution in [-0.2, 0) is 20.9 Å². The van der Waals surface area contributed by atoms with Gasteiger partial charge in [0.2, 0.25) is 11.8 Å². The molecule has 0 radical (unpaired) electrons. The average Bonchev–Trinajstić information content (AvgIpc) is 3.13. The van der Waals surface area contributed by atoms with Gasteiger partial charge in [0.05, 0.1) is 11.2 Å². The van der Waals surface area contributed by atoms with E-state index in [4.69, 9.17) is 4.74 Å².